The van der Waals surface area contributed by atoms with Gasteiger partial charge in [0.25, 0.3) is 0 Å². The number of hydrogen-bond acceptors (Lipinski definition) is 3. The highest BCUT2D eigenvalue weighted by atomic mass is 16.5. The zero-order chi connectivity index (χ0) is 11.5. The van der Waals surface area contributed by atoms with Crippen LogP contribution in [-0.2, 0) is 4.74 Å². The van der Waals surface area contributed by atoms with E-state index in [9.17, 15) is 0 Å². The summed E-state index contributed by atoms with van der Waals surface area (Å²) in [5, 5.41) is 0. The van der Waals surface area contributed by atoms with Crippen LogP contribution in [0.5, 0.6) is 0 Å². The van der Waals surface area contributed by atoms with Gasteiger partial charge in [-0.1, -0.05) is 23.7 Å². The maximum atomic E-state index is 5.21. The van der Waals surface area contributed by atoms with E-state index in [1.165, 1.54) is 0 Å². The third-order valence-corrected chi connectivity index (χ3v) is 1.39. The Labute approximate surface area is 93.4 Å². The minimum Gasteiger partial charge on any atom is -0.356 e. The Bertz CT molecular complexity index is 235. The summed E-state index contributed by atoms with van der Waals surface area (Å²) in [5.41, 5.74) is 0. The molecule has 0 heterocycles. The molecule has 0 N–H and O–H groups in total. The van der Waals surface area contributed by atoms with E-state index in [0.717, 1.165) is 13.1 Å². The van der Waals surface area contributed by atoms with Crippen molar-refractivity contribution in [1.29, 1.82) is 0 Å². The van der Waals surface area contributed by atoms with Crippen molar-refractivity contribution in [2.75, 3.05) is 54.5 Å². The molecule has 0 fully saturated rings. The molecule has 0 aliphatic rings. The standard InChI is InChI=1S/C12H20N2O/c1-13(2)9-5-7-11-15-12-8-6-10-14(3)4/h9-12H2,1-4H3. The molecule has 0 atom stereocenters. The van der Waals surface area contributed by atoms with E-state index in [4.69, 9.17) is 4.74 Å². The molecular weight excluding hydrogens is 188 g/mol. The fraction of sp³-hybridized carbons (Fsp3) is 0.667. The predicted molar refractivity (Wildman–Crippen MR) is 63.5 cm³/mol. The highest BCUT2D eigenvalue weighted by molar-refractivity contribution is 5.03. The lowest BCUT2D eigenvalue weighted by Crippen LogP contribution is -2.11. The van der Waals surface area contributed by atoms with Gasteiger partial charge in [0.2, 0.25) is 0 Å². The molecule has 84 valence electrons. The lowest BCUT2D eigenvalue weighted by Gasteiger charge is -2.01. The van der Waals surface area contributed by atoms with E-state index < -0.39 is 0 Å². The molecular formula is C12H20N2O. The van der Waals surface area contributed by atoms with E-state index in [0.29, 0.717) is 13.2 Å². The van der Waals surface area contributed by atoms with E-state index in [-0.39, 0.29) is 0 Å². The molecule has 0 unspecified atom stereocenters. The summed E-state index contributed by atoms with van der Waals surface area (Å²) in [6, 6.07) is 0. The van der Waals surface area contributed by atoms with Gasteiger partial charge in [0.15, 0.2) is 0 Å². The van der Waals surface area contributed by atoms with Crippen molar-refractivity contribution in [2.24, 2.45) is 0 Å². The molecule has 0 aromatic rings. The van der Waals surface area contributed by atoms with Gasteiger partial charge in [0, 0.05) is 0 Å². The third kappa shape index (κ3) is 13.0. The van der Waals surface area contributed by atoms with Crippen LogP contribution < -0.4 is 0 Å². The summed E-state index contributed by atoms with van der Waals surface area (Å²) in [6.07, 6.45) is 0. The minimum atomic E-state index is 0.463. The van der Waals surface area contributed by atoms with Gasteiger partial charge < -0.3 is 4.74 Å². The lowest BCUT2D eigenvalue weighted by atomic mass is 10.5. The molecule has 3 nitrogen and oxygen atoms in total. The fourth-order valence-corrected chi connectivity index (χ4v) is 0.683. The van der Waals surface area contributed by atoms with Gasteiger partial charge in [-0.15, -0.1) is 0 Å². The zero-order valence-electron chi connectivity index (χ0n) is 10.1. The van der Waals surface area contributed by atoms with Crippen LogP contribution in [-0.4, -0.2) is 64.3 Å². The van der Waals surface area contributed by atoms with Crippen LogP contribution in [0.25, 0.3) is 0 Å². The van der Waals surface area contributed by atoms with Gasteiger partial charge in [-0.2, -0.15) is 0 Å². The molecule has 0 amide bonds. The largest absolute Gasteiger partial charge is 0.356 e. The second-order valence-electron chi connectivity index (χ2n) is 3.68. The van der Waals surface area contributed by atoms with Gasteiger partial charge >= 0.3 is 0 Å². The number of nitrogens with zero attached hydrogens (tertiary/aromatic N) is 2. The zero-order valence-corrected chi connectivity index (χ0v) is 10.1. The Balaban J connectivity index is 3.36. The first kappa shape index (κ1) is 14.0. The van der Waals surface area contributed by atoms with E-state index in [1.807, 2.05) is 38.0 Å². The van der Waals surface area contributed by atoms with Crippen molar-refractivity contribution in [3.05, 3.63) is 0 Å². The fourth-order valence-electron chi connectivity index (χ4n) is 0.683. The molecule has 0 aliphatic carbocycles. The molecule has 0 saturated heterocycles. The molecule has 0 bridgehead atoms. The summed E-state index contributed by atoms with van der Waals surface area (Å²) < 4.78 is 5.21. The van der Waals surface area contributed by atoms with Crippen molar-refractivity contribution in [1.82, 2.24) is 9.80 Å². The Morgan fingerprint density at radius 1 is 0.733 bits per heavy atom. The lowest BCUT2D eigenvalue weighted by molar-refractivity contribution is 0.204. The summed E-state index contributed by atoms with van der Waals surface area (Å²) in [7, 11) is 7.95. The van der Waals surface area contributed by atoms with Gasteiger partial charge in [-0.25, -0.2) is 0 Å². The molecule has 15 heavy (non-hydrogen) atoms. The van der Waals surface area contributed by atoms with Crippen molar-refractivity contribution in [3.8, 4) is 23.7 Å². The highest BCUT2D eigenvalue weighted by Gasteiger charge is 1.82. The van der Waals surface area contributed by atoms with Gasteiger partial charge in [-0.05, 0) is 28.2 Å². The minimum absolute atomic E-state index is 0.463. The first-order chi connectivity index (χ1) is 7.13. The second kappa shape index (κ2) is 9.55. The molecule has 0 saturated carbocycles. The van der Waals surface area contributed by atoms with Crippen LogP contribution in [0.15, 0.2) is 0 Å². The van der Waals surface area contributed by atoms with Crippen molar-refractivity contribution < 1.29 is 4.74 Å². The Kier molecular flexibility index (Phi) is 8.91. The Hall–Kier alpha value is -1.00. The summed E-state index contributed by atoms with van der Waals surface area (Å²) >= 11 is 0. The average molecular weight is 208 g/mol. The van der Waals surface area contributed by atoms with Gasteiger partial charge in [-0.3, -0.25) is 9.80 Å². The van der Waals surface area contributed by atoms with Crippen molar-refractivity contribution in [3.63, 3.8) is 0 Å². The molecule has 0 radical (unpaired) electrons. The van der Waals surface area contributed by atoms with Crippen LogP contribution in [0.1, 0.15) is 0 Å². The average Bonchev–Trinajstić information content (AvgIpc) is 2.14. The van der Waals surface area contributed by atoms with E-state index in [2.05, 4.69) is 23.7 Å². The van der Waals surface area contributed by atoms with Crippen LogP contribution in [0.3, 0.4) is 0 Å². The summed E-state index contributed by atoms with van der Waals surface area (Å²) in [6.45, 7) is 2.47. The van der Waals surface area contributed by atoms with E-state index >= 15 is 0 Å². The van der Waals surface area contributed by atoms with E-state index in [1.54, 1.807) is 0 Å². The SMILES string of the molecule is CN(C)CC#CCOCC#CCN(C)C. The maximum Gasteiger partial charge on any atom is 0.109 e. The number of ether oxygens (including phenoxy) is 1. The van der Waals surface area contributed by atoms with Crippen LogP contribution in [0.2, 0.25) is 0 Å². The normalized spacial score (nSPS) is 9.47. The van der Waals surface area contributed by atoms with Crippen LogP contribution >= 0.6 is 0 Å². The Morgan fingerprint density at radius 3 is 1.47 bits per heavy atom. The van der Waals surface area contributed by atoms with Gasteiger partial charge in [0.05, 0.1) is 13.1 Å². The first-order valence-corrected chi connectivity index (χ1v) is 4.91. The quantitative estimate of drug-likeness (QED) is 0.482. The molecule has 0 aromatic heterocycles. The smallest absolute Gasteiger partial charge is 0.109 e. The highest BCUT2D eigenvalue weighted by Crippen LogP contribution is 1.74. The molecule has 0 spiro atoms. The molecule has 3 heteroatoms. The molecule has 0 rings (SSSR count). The van der Waals surface area contributed by atoms with Crippen molar-refractivity contribution >= 4 is 0 Å². The monoisotopic (exact) mass is 208 g/mol. The number of rotatable bonds is 4. The number of hydrogen-bond donors (Lipinski definition) is 0. The van der Waals surface area contributed by atoms with Crippen LogP contribution in [0.4, 0.5) is 0 Å². The van der Waals surface area contributed by atoms with Crippen molar-refractivity contribution in [2.45, 2.75) is 0 Å². The maximum absolute atomic E-state index is 5.21. The summed E-state index contributed by atoms with van der Waals surface area (Å²) in [4.78, 5) is 4.04. The Morgan fingerprint density at radius 2 is 1.13 bits per heavy atom. The van der Waals surface area contributed by atoms with Crippen LogP contribution in [0, 0.1) is 23.7 Å². The molecule has 0 aromatic carbocycles. The molecule has 0 aliphatic heterocycles. The third-order valence-electron chi connectivity index (χ3n) is 1.39. The second-order valence-corrected chi connectivity index (χ2v) is 3.68. The topological polar surface area (TPSA) is 15.7 Å². The predicted octanol–water partition coefficient (Wildman–Crippen LogP) is 0.133. The van der Waals surface area contributed by atoms with Gasteiger partial charge in [0.1, 0.15) is 13.2 Å². The summed E-state index contributed by atoms with van der Waals surface area (Å²) in [5.74, 6) is 11.8. The first-order valence-electron chi connectivity index (χ1n) is 4.91.